The van der Waals surface area contributed by atoms with Crippen LogP contribution in [0.4, 0.5) is 28.4 Å². The normalized spacial score (nSPS) is 11.3. The minimum absolute atomic E-state index is 0.631. The molecule has 2 aromatic heterocycles. The van der Waals surface area contributed by atoms with Gasteiger partial charge in [-0.25, -0.2) is 4.98 Å². The number of nitrogens with zero attached hydrogens (tertiary/aromatic N) is 2. The highest BCUT2D eigenvalue weighted by Gasteiger charge is 2.14. The molecule has 42 heavy (non-hydrogen) atoms. The van der Waals surface area contributed by atoms with Crippen molar-refractivity contribution in [3.8, 4) is 11.5 Å². The number of nitrogens with one attached hydrogen (secondary N) is 1. The van der Waals surface area contributed by atoms with Crippen LogP contribution < -0.4 is 10.2 Å². The molecule has 2 heterocycles. The Labute approximate surface area is 247 Å². The lowest BCUT2D eigenvalue weighted by molar-refractivity contribution is 0.620. The molecule has 0 unspecified atom stereocenters. The third kappa shape index (κ3) is 4.46. The Hall–Kier alpha value is -5.39. The van der Waals surface area contributed by atoms with E-state index in [2.05, 4.69) is 124 Å². The number of aromatic nitrogens is 1. The van der Waals surface area contributed by atoms with Gasteiger partial charge in [-0.1, -0.05) is 60.7 Å². The third-order valence-electron chi connectivity index (χ3n) is 7.46. The van der Waals surface area contributed by atoms with Crippen molar-refractivity contribution < 1.29 is 4.42 Å². The van der Waals surface area contributed by atoms with Gasteiger partial charge in [0.1, 0.15) is 5.52 Å². The highest BCUT2D eigenvalue weighted by molar-refractivity contribution is 7.25. The van der Waals surface area contributed by atoms with Crippen molar-refractivity contribution in [1.29, 1.82) is 0 Å². The number of rotatable bonds is 6. The Morgan fingerprint density at radius 2 is 1.17 bits per heavy atom. The van der Waals surface area contributed by atoms with Gasteiger partial charge in [-0.15, -0.1) is 11.3 Å². The molecule has 0 spiro atoms. The summed E-state index contributed by atoms with van der Waals surface area (Å²) in [5.41, 5.74) is 8.10. The molecule has 8 aromatic rings. The molecule has 0 aliphatic heterocycles. The maximum absolute atomic E-state index is 5.93. The number of fused-ring (bicyclic) bond motifs is 4. The van der Waals surface area contributed by atoms with Crippen LogP contribution in [0.3, 0.4) is 0 Å². The number of benzene rings is 6. The van der Waals surface area contributed by atoms with Gasteiger partial charge in [-0.2, -0.15) is 0 Å². The van der Waals surface area contributed by atoms with Gasteiger partial charge in [-0.3, -0.25) is 0 Å². The van der Waals surface area contributed by atoms with Crippen molar-refractivity contribution in [2.24, 2.45) is 0 Å². The Kier molecular flexibility index (Phi) is 5.94. The first-order chi connectivity index (χ1) is 20.8. The van der Waals surface area contributed by atoms with E-state index in [1.807, 2.05) is 47.7 Å². The van der Waals surface area contributed by atoms with Gasteiger partial charge in [0, 0.05) is 54.2 Å². The number of anilines is 5. The molecule has 0 atom stereocenters. The maximum atomic E-state index is 5.93. The monoisotopic (exact) mass is 559 g/mol. The number of thiophene rings is 1. The molecular formula is C37H25N3OS. The fraction of sp³-hybridized carbons (Fsp3) is 0. The quantitative estimate of drug-likeness (QED) is 0.220. The lowest BCUT2D eigenvalue weighted by atomic mass is 10.1. The number of oxazole rings is 1. The van der Waals surface area contributed by atoms with E-state index in [-0.39, 0.29) is 0 Å². The Balaban J connectivity index is 1.09. The highest BCUT2D eigenvalue weighted by atomic mass is 32.1. The minimum Gasteiger partial charge on any atom is -0.436 e. The van der Waals surface area contributed by atoms with E-state index >= 15 is 0 Å². The number of hydrogen-bond donors (Lipinski definition) is 1. The lowest BCUT2D eigenvalue weighted by Gasteiger charge is -2.25. The van der Waals surface area contributed by atoms with E-state index < -0.39 is 0 Å². The van der Waals surface area contributed by atoms with Crippen LogP contribution in [0, 0.1) is 0 Å². The maximum Gasteiger partial charge on any atom is 0.227 e. The molecule has 0 amide bonds. The summed E-state index contributed by atoms with van der Waals surface area (Å²) < 4.78 is 8.44. The summed E-state index contributed by atoms with van der Waals surface area (Å²) in [6, 6.07) is 50.5. The number of para-hydroxylation sites is 4. The Bertz CT molecular complexity index is 2090. The second-order valence-electron chi connectivity index (χ2n) is 10.2. The Morgan fingerprint density at radius 1 is 0.548 bits per heavy atom. The molecule has 0 bridgehead atoms. The molecule has 0 radical (unpaired) electrons. The molecule has 0 saturated carbocycles. The molecule has 6 aromatic carbocycles. The lowest BCUT2D eigenvalue weighted by Crippen LogP contribution is -2.09. The summed E-state index contributed by atoms with van der Waals surface area (Å²) >= 11 is 1.82. The van der Waals surface area contributed by atoms with Crippen molar-refractivity contribution in [3.05, 3.63) is 146 Å². The fourth-order valence-electron chi connectivity index (χ4n) is 5.44. The van der Waals surface area contributed by atoms with E-state index in [1.54, 1.807) is 0 Å². The SMILES string of the molecule is c1ccc(N(c2ccccc2)c2ccc3c(c2)sc2cc(Nc4ccc(-c5nc6ccccc6o5)cc4)ccc23)cc1. The van der Waals surface area contributed by atoms with Gasteiger partial charge in [-0.05, 0) is 84.9 Å². The Morgan fingerprint density at radius 3 is 1.88 bits per heavy atom. The second kappa shape index (κ2) is 10.2. The zero-order valence-corrected chi connectivity index (χ0v) is 23.4. The van der Waals surface area contributed by atoms with E-state index in [0.29, 0.717) is 5.89 Å². The van der Waals surface area contributed by atoms with Crippen molar-refractivity contribution in [2.45, 2.75) is 0 Å². The van der Waals surface area contributed by atoms with Crippen LogP contribution >= 0.6 is 11.3 Å². The highest BCUT2D eigenvalue weighted by Crippen LogP contribution is 2.41. The third-order valence-corrected chi connectivity index (χ3v) is 8.57. The average molecular weight is 560 g/mol. The van der Waals surface area contributed by atoms with E-state index in [4.69, 9.17) is 4.42 Å². The molecule has 0 aliphatic carbocycles. The van der Waals surface area contributed by atoms with Crippen molar-refractivity contribution in [1.82, 2.24) is 4.98 Å². The molecule has 8 rings (SSSR count). The first-order valence-corrected chi connectivity index (χ1v) is 14.7. The van der Waals surface area contributed by atoms with E-state index in [0.717, 1.165) is 45.1 Å². The molecule has 4 nitrogen and oxygen atoms in total. The standard InChI is InChI=1S/C37H25N3OS/c1-3-9-28(10-4-1)40(29-11-5-2-6-12-29)30-20-22-32-31-21-19-27(23-35(31)42-36(32)24-30)38-26-17-15-25(16-18-26)37-39-33-13-7-8-14-34(33)41-37/h1-24,38H. The van der Waals surface area contributed by atoms with Crippen molar-refractivity contribution in [3.63, 3.8) is 0 Å². The van der Waals surface area contributed by atoms with Crippen LogP contribution in [0.5, 0.6) is 0 Å². The smallest absolute Gasteiger partial charge is 0.227 e. The van der Waals surface area contributed by atoms with E-state index in [9.17, 15) is 0 Å². The van der Waals surface area contributed by atoms with Gasteiger partial charge in [0.2, 0.25) is 5.89 Å². The van der Waals surface area contributed by atoms with Crippen LogP contribution in [-0.2, 0) is 0 Å². The summed E-state index contributed by atoms with van der Waals surface area (Å²) in [6.45, 7) is 0. The second-order valence-corrected chi connectivity index (χ2v) is 11.3. The summed E-state index contributed by atoms with van der Waals surface area (Å²) in [5.74, 6) is 0.631. The first kappa shape index (κ1) is 24.4. The zero-order valence-electron chi connectivity index (χ0n) is 22.6. The predicted molar refractivity (Wildman–Crippen MR) is 177 cm³/mol. The molecule has 0 fully saturated rings. The van der Waals surface area contributed by atoms with E-state index in [1.165, 1.54) is 20.2 Å². The summed E-state index contributed by atoms with van der Waals surface area (Å²) in [6.07, 6.45) is 0. The summed E-state index contributed by atoms with van der Waals surface area (Å²) in [4.78, 5) is 6.92. The van der Waals surface area contributed by atoms with Crippen molar-refractivity contribution in [2.75, 3.05) is 10.2 Å². The zero-order chi connectivity index (χ0) is 27.9. The van der Waals surface area contributed by atoms with Crippen LogP contribution in [0.1, 0.15) is 0 Å². The number of hydrogen-bond acceptors (Lipinski definition) is 5. The molecular weight excluding hydrogens is 534 g/mol. The average Bonchev–Trinajstić information content (AvgIpc) is 3.64. The van der Waals surface area contributed by atoms with Gasteiger partial charge in [0.25, 0.3) is 0 Å². The molecule has 0 aliphatic rings. The van der Waals surface area contributed by atoms with Crippen molar-refractivity contribution >= 4 is 71.0 Å². The molecule has 200 valence electrons. The molecule has 5 heteroatoms. The topological polar surface area (TPSA) is 41.3 Å². The van der Waals surface area contributed by atoms with Crippen LogP contribution in [0.15, 0.2) is 150 Å². The summed E-state index contributed by atoms with van der Waals surface area (Å²) in [7, 11) is 0. The first-order valence-electron chi connectivity index (χ1n) is 13.9. The van der Waals surface area contributed by atoms with Gasteiger partial charge < -0.3 is 14.6 Å². The van der Waals surface area contributed by atoms with Crippen LogP contribution in [0.25, 0.3) is 42.7 Å². The molecule has 0 saturated heterocycles. The van der Waals surface area contributed by atoms with Crippen LogP contribution in [-0.4, -0.2) is 4.98 Å². The van der Waals surface area contributed by atoms with Gasteiger partial charge >= 0.3 is 0 Å². The fourth-order valence-corrected chi connectivity index (χ4v) is 6.62. The molecule has 1 N–H and O–H groups in total. The predicted octanol–water partition coefficient (Wildman–Crippen LogP) is 11.1. The summed E-state index contributed by atoms with van der Waals surface area (Å²) in [5, 5.41) is 6.11. The minimum atomic E-state index is 0.631. The van der Waals surface area contributed by atoms with Crippen LogP contribution in [0.2, 0.25) is 0 Å². The van der Waals surface area contributed by atoms with Gasteiger partial charge in [0.15, 0.2) is 5.58 Å². The van der Waals surface area contributed by atoms with Gasteiger partial charge in [0.05, 0.1) is 0 Å². The largest absolute Gasteiger partial charge is 0.436 e.